The molecule has 0 unspecified atom stereocenters. The van der Waals surface area contributed by atoms with E-state index in [4.69, 9.17) is 27.9 Å². The van der Waals surface area contributed by atoms with E-state index in [1.54, 1.807) is 6.92 Å². The number of hydrogen-bond acceptors (Lipinski definition) is 7. The molecule has 2 saturated heterocycles. The van der Waals surface area contributed by atoms with Crippen LogP contribution in [0.3, 0.4) is 0 Å². The highest BCUT2D eigenvalue weighted by atomic mass is 35.5. The topological polar surface area (TPSA) is 142 Å². The van der Waals surface area contributed by atoms with Gasteiger partial charge in [-0.15, -0.1) is 23.2 Å². The number of alkyl halides is 2. The highest BCUT2D eigenvalue weighted by Crippen LogP contribution is 2.66. The zero-order valence-corrected chi connectivity index (χ0v) is 27.9. The van der Waals surface area contributed by atoms with Crippen molar-refractivity contribution in [2.45, 2.75) is 35.4 Å². The standard InChI is InChI=1S/C35H23Cl2F5N2O8/c1-2-52-20-11-13(6-9-19(20)45)22-16-7-8-17-21(30(47)43(29(17)46)15-5-3-4-14(10-15)31(48)49)18(16)12-34(36)32(50)44(33(51)35(22,34)37)28-26(41)24(39)23(38)25(40)27(28)42/h3-7,9-11,17-18,21-22,45H,2,8,12H2,1H3,(H,48,49)/t17-,18+,21-,22-,34+,35-/m0/s1. The number of allylic oxidation sites excluding steroid dienone is 2. The molecule has 1 saturated carbocycles. The Morgan fingerprint density at radius 1 is 0.885 bits per heavy atom. The first kappa shape index (κ1) is 35.4. The van der Waals surface area contributed by atoms with Crippen molar-refractivity contribution in [3.63, 3.8) is 0 Å². The molecular formula is C35H23Cl2F5N2O8. The number of carboxylic acids is 1. The fourth-order valence-corrected chi connectivity index (χ4v) is 8.89. The van der Waals surface area contributed by atoms with E-state index < -0.39 is 104 Å². The fourth-order valence-electron chi connectivity index (χ4n) is 7.95. The zero-order valence-electron chi connectivity index (χ0n) is 26.4. The molecule has 0 aromatic heterocycles. The number of nitrogens with zero attached hydrogens (tertiary/aromatic N) is 2. The van der Waals surface area contributed by atoms with Crippen LogP contribution in [0.5, 0.6) is 11.5 Å². The maximum absolute atomic E-state index is 15.2. The number of imide groups is 2. The Morgan fingerprint density at radius 3 is 2.17 bits per heavy atom. The molecule has 270 valence electrons. The minimum Gasteiger partial charge on any atom is -0.504 e. The number of phenols is 1. The molecule has 3 fully saturated rings. The number of phenolic OH excluding ortho intramolecular Hbond substituents is 1. The van der Waals surface area contributed by atoms with E-state index in [2.05, 4.69) is 0 Å². The lowest BCUT2D eigenvalue weighted by Crippen LogP contribution is -2.60. The normalized spacial score (nSPS) is 28.1. The summed E-state index contributed by atoms with van der Waals surface area (Å²) in [5, 5.41) is 20.0. The lowest BCUT2D eigenvalue weighted by molar-refractivity contribution is -0.125. The molecular weight excluding hydrogens is 742 g/mol. The van der Waals surface area contributed by atoms with E-state index in [9.17, 15) is 47.4 Å². The molecule has 0 bridgehead atoms. The summed E-state index contributed by atoms with van der Waals surface area (Å²) in [5.41, 5.74) is -1.97. The van der Waals surface area contributed by atoms with Crippen LogP contribution in [0.2, 0.25) is 0 Å². The van der Waals surface area contributed by atoms with Crippen LogP contribution < -0.4 is 14.5 Å². The van der Waals surface area contributed by atoms with Crippen molar-refractivity contribution in [1.29, 1.82) is 0 Å². The molecule has 0 radical (unpaired) electrons. The number of hydrogen-bond donors (Lipinski definition) is 2. The summed E-state index contributed by atoms with van der Waals surface area (Å²) in [6, 6.07) is 8.74. The maximum Gasteiger partial charge on any atom is 0.335 e. The number of ether oxygens (including phenoxy) is 1. The molecule has 2 aliphatic heterocycles. The van der Waals surface area contributed by atoms with Gasteiger partial charge in [0.15, 0.2) is 44.5 Å². The third-order valence-electron chi connectivity index (χ3n) is 10.2. The number of amides is 4. The van der Waals surface area contributed by atoms with Gasteiger partial charge in [0.1, 0.15) is 5.69 Å². The second-order valence-corrected chi connectivity index (χ2v) is 14.0. The van der Waals surface area contributed by atoms with E-state index in [1.165, 1.54) is 36.4 Å². The number of aromatic hydroxyl groups is 1. The average molecular weight is 765 g/mol. The molecule has 7 rings (SSSR count). The fraction of sp³-hybridized carbons (Fsp3) is 0.286. The highest BCUT2D eigenvalue weighted by Gasteiger charge is 2.77. The van der Waals surface area contributed by atoms with Gasteiger partial charge in [0.05, 0.1) is 29.7 Å². The summed E-state index contributed by atoms with van der Waals surface area (Å²) in [5.74, 6) is -24.3. The number of fused-ring (bicyclic) bond motifs is 4. The number of halogens is 7. The molecule has 6 atom stereocenters. The Hall–Kier alpha value is -5.02. The van der Waals surface area contributed by atoms with Crippen LogP contribution in [0.4, 0.5) is 33.3 Å². The Kier molecular flexibility index (Phi) is 8.18. The van der Waals surface area contributed by atoms with Gasteiger partial charge in [0.2, 0.25) is 17.6 Å². The number of carbonyl (C=O) groups excluding carboxylic acids is 4. The lowest BCUT2D eigenvalue weighted by atomic mass is 9.56. The van der Waals surface area contributed by atoms with Crippen molar-refractivity contribution in [3.8, 4) is 11.5 Å². The van der Waals surface area contributed by atoms with Crippen molar-refractivity contribution in [3.05, 3.63) is 94.3 Å². The first-order chi connectivity index (χ1) is 24.5. The SMILES string of the molecule is CCOc1cc([C@H]2C3=CC[C@@H]4C(=O)N(c5cccc(C(=O)O)c5)C(=O)[C@@H]4[C@@H]3C[C@@]3(Cl)C(=O)N(c4c(F)c(F)c(F)c(F)c4F)C(=O)[C@@]23Cl)ccc1O. The van der Waals surface area contributed by atoms with Crippen LogP contribution in [0, 0.1) is 46.8 Å². The van der Waals surface area contributed by atoms with Gasteiger partial charge in [0, 0.05) is 5.92 Å². The molecule has 3 aromatic rings. The maximum atomic E-state index is 15.2. The Balaban J connectivity index is 1.43. The van der Waals surface area contributed by atoms with Crippen LogP contribution in [0.15, 0.2) is 54.1 Å². The van der Waals surface area contributed by atoms with Crippen LogP contribution in [0.1, 0.15) is 41.6 Å². The van der Waals surface area contributed by atoms with Crippen molar-refractivity contribution >= 4 is 64.2 Å². The van der Waals surface area contributed by atoms with E-state index in [-0.39, 0.29) is 51.8 Å². The second-order valence-electron chi connectivity index (χ2n) is 12.7. The van der Waals surface area contributed by atoms with Crippen molar-refractivity contribution < 1.29 is 60.9 Å². The molecule has 52 heavy (non-hydrogen) atoms. The zero-order chi connectivity index (χ0) is 37.8. The van der Waals surface area contributed by atoms with Crippen LogP contribution in [-0.2, 0) is 19.2 Å². The molecule has 2 heterocycles. The highest BCUT2D eigenvalue weighted by molar-refractivity contribution is 6.58. The van der Waals surface area contributed by atoms with Gasteiger partial charge in [-0.3, -0.25) is 24.1 Å². The lowest BCUT2D eigenvalue weighted by Gasteiger charge is -2.50. The van der Waals surface area contributed by atoms with E-state index in [1.807, 2.05) is 0 Å². The molecule has 3 aromatic carbocycles. The molecule has 0 spiro atoms. The van der Waals surface area contributed by atoms with Crippen LogP contribution in [0.25, 0.3) is 0 Å². The van der Waals surface area contributed by atoms with Crippen LogP contribution >= 0.6 is 23.2 Å². The molecule has 17 heteroatoms. The number of anilines is 2. The molecule has 4 amide bonds. The van der Waals surface area contributed by atoms with Gasteiger partial charge >= 0.3 is 5.97 Å². The third kappa shape index (κ3) is 4.57. The summed E-state index contributed by atoms with van der Waals surface area (Å²) >= 11 is 14.2. The molecule has 4 aliphatic rings. The quantitative estimate of drug-likeness (QED) is 0.0784. The van der Waals surface area contributed by atoms with Crippen molar-refractivity contribution in [2.75, 3.05) is 16.4 Å². The van der Waals surface area contributed by atoms with Gasteiger partial charge in [0.25, 0.3) is 11.8 Å². The van der Waals surface area contributed by atoms with E-state index in [0.717, 1.165) is 17.0 Å². The first-order valence-corrected chi connectivity index (χ1v) is 16.4. The minimum atomic E-state index is -2.76. The number of benzene rings is 3. The van der Waals surface area contributed by atoms with Gasteiger partial charge in [-0.1, -0.05) is 23.8 Å². The smallest absolute Gasteiger partial charge is 0.335 e. The van der Waals surface area contributed by atoms with Crippen molar-refractivity contribution in [1.82, 2.24) is 0 Å². The minimum absolute atomic E-state index is 0.0406. The predicted molar refractivity (Wildman–Crippen MR) is 172 cm³/mol. The summed E-state index contributed by atoms with van der Waals surface area (Å²) in [4.78, 5) is 63.5. The predicted octanol–water partition coefficient (Wildman–Crippen LogP) is 5.95. The number of carboxylic acid groups (broad SMARTS) is 1. The van der Waals surface area contributed by atoms with Gasteiger partial charge in [-0.2, -0.15) is 0 Å². The van der Waals surface area contributed by atoms with E-state index >= 15 is 8.78 Å². The van der Waals surface area contributed by atoms with Crippen LogP contribution in [-0.4, -0.2) is 56.2 Å². The van der Waals surface area contributed by atoms with E-state index in [0.29, 0.717) is 0 Å². The average Bonchev–Trinajstić information content (AvgIpc) is 3.45. The Bertz CT molecular complexity index is 2170. The first-order valence-electron chi connectivity index (χ1n) is 15.7. The monoisotopic (exact) mass is 764 g/mol. The van der Waals surface area contributed by atoms with Gasteiger partial charge in [-0.05, 0) is 61.6 Å². The number of aromatic carboxylic acids is 1. The molecule has 2 N–H and O–H groups in total. The largest absolute Gasteiger partial charge is 0.504 e. The second kappa shape index (κ2) is 12.0. The third-order valence-corrected chi connectivity index (χ3v) is 11.6. The van der Waals surface area contributed by atoms with Gasteiger partial charge in [-0.25, -0.2) is 31.6 Å². The summed E-state index contributed by atoms with van der Waals surface area (Å²) in [6.45, 7) is 1.64. The Morgan fingerprint density at radius 2 is 1.54 bits per heavy atom. The summed E-state index contributed by atoms with van der Waals surface area (Å²) in [7, 11) is 0. The number of rotatable bonds is 6. The molecule has 10 nitrogen and oxygen atoms in total. The Labute approximate surface area is 300 Å². The van der Waals surface area contributed by atoms with Gasteiger partial charge < -0.3 is 14.9 Å². The number of carbonyl (C=O) groups is 5. The summed E-state index contributed by atoms with van der Waals surface area (Å²) < 4.78 is 78.9. The van der Waals surface area contributed by atoms with Crippen molar-refractivity contribution in [2.24, 2.45) is 17.8 Å². The molecule has 2 aliphatic carbocycles. The summed E-state index contributed by atoms with van der Waals surface area (Å²) in [6.07, 6.45) is 0.650.